The summed E-state index contributed by atoms with van der Waals surface area (Å²) in [6, 6.07) is 12.1. The first-order valence-corrected chi connectivity index (χ1v) is 15.2. The van der Waals surface area contributed by atoms with E-state index in [1.807, 2.05) is 26.0 Å². The molecule has 194 valence electrons. The highest BCUT2D eigenvalue weighted by atomic mass is 32.2. The second-order valence-corrected chi connectivity index (χ2v) is 14.0. The van der Waals surface area contributed by atoms with Gasteiger partial charge in [0.15, 0.2) is 0 Å². The van der Waals surface area contributed by atoms with Gasteiger partial charge in [-0.3, -0.25) is 9.10 Å². The molecule has 4 aliphatic carbocycles. The molecule has 0 heterocycles. The van der Waals surface area contributed by atoms with Crippen LogP contribution in [0.5, 0.6) is 0 Å². The molecule has 0 aliphatic heterocycles. The van der Waals surface area contributed by atoms with Gasteiger partial charge in [0.05, 0.1) is 18.0 Å². The van der Waals surface area contributed by atoms with Crippen molar-refractivity contribution >= 4 is 21.6 Å². The smallest absolute Gasteiger partial charge is 0.241 e. The third-order valence-corrected chi connectivity index (χ3v) is 10.4. The number of hydrogen-bond acceptors (Lipinski definition) is 3. The van der Waals surface area contributed by atoms with Gasteiger partial charge in [-0.2, -0.15) is 0 Å². The molecule has 0 saturated heterocycles. The Labute approximate surface area is 216 Å². The van der Waals surface area contributed by atoms with Crippen LogP contribution < -0.4 is 9.62 Å². The molecule has 2 aromatic carbocycles. The molecule has 4 aliphatic rings. The minimum Gasteiger partial charge on any atom is -0.348 e. The Bertz CT molecular complexity index is 1230. The van der Waals surface area contributed by atoms with Gasteiger partial charge in [-0.05, 0) is 129 Å². The van der Waals surface area contributed by atoms with E-state index >= 15 is 0 Å². The Morgan fingerprint density at radius 3 is 2.00 bits per heavy atom. The zero-order chi connectivity index (χ0) is 25.8. The molecule has 0 aromatic heterocycles. The molecular weight excluding hydrogens is 468 g/mol. The van der Waals surface area contributed by atoms with Gasteiger partial charge in [-0.25, -0.2) is 8.42 Å². The molecule has 0 spiro atoms. The monoisotopic (exact) mass is 508 g/mol. The van der Waals surface area contributed by atoms with Crippen LogP contribution in [-0.4, -0.2) is 27.1 Å². The van der Waals surface area contributed by atoms with Gasteiger partial charge in [0.1, 0.15) is 6.54 Å². The fraction of sp³-hybridized carbons (Fsp3) is 0.567. The van der Waals surface area contributed by atoms with E-state index in [1.165, 1.54) is 65.8 Å². The summed E-state index contributed by atoms with van der Waals surface area (Å²) in [5.41, 5.74) is 6.73. The average molecular weight is 509 g/mol. The first-order valence-electron chi connectivity index (χ1n) is 13.4. The van der Waals surface area contributed by atoms with Crippen molar-refractivity contribution in [2.45, 2.75) is 77.7 Å². The number of amides is 1. The fourth-order valence-electron chi connectivity index (χ4n) is 7.79. The summed E-state index contributed by atoms with van der Waals surface area (Å²) in [5.74, 6) is 2.26. The van der Waals surface area contributed by atoms with Gasteiger partial charge < -0.3 is 5.32 Å². The molecule has 6 rings (SSSR count). The Kier molecular flexibility index (Phi) is 6.47. The molecule has 1 amide bonds. The van der Waals surface area contributed by atoms with Crippen LogP contribution in [0.3, 0.4) is 0 Å². The topological polar surface area (TPSA) is 66.5 Å². The zero-order valence-electron chi connectivity index (χ0n) is 22.3. The summed E-state index contributed by atoms with van der Waals surface area (Å²) in [6.07, 6.45) is 9.17. The van der Waals surface area contributed by atoms with E-state index in [2.05, 4.69) is 43.4 Å². The Balaban J connectivity index is 1.32. The standard InChI is InChI=1S/C30H40N2O3S/c1-19-10-21(3)28(11-20(19)2)22(4)31-29(33)18-32(36(5,34)35)27-8-6-26(7-9-27)30-15-23-12-24(16-30)14-25(13-23)17-30/h6-11,22-25H,12-18H2,1-5H3,(H,31,33)/t22-,23?,24?,25?,30?/m0/s1. The molecular formula is C30H40N2O3S. The molecule has 6 heteroatoms. The molecule has 5 nitrogen and oxygen atoms in total. The van der Waals surface area contributed by atoms with E-state index in [4.69, 9.17) is 0 Å². The van der Waals surface area contributed by atoms with Crippen LogP contribution in [0.25, 0.3) is 0 Å². The minimum absolute atomic E-state index is 0.211. The third kappa shape index (κ3) is 4.81. The van der Waals surface area contributed by atoms with Gasteiger partial charge in [0, 0.05) is 0 Å². The fourth-order valence-corrected chi connectivity index (χ4v) is 8.65. The lowest BCUT2D eigenvalue weighted by atomic mass is 9.48. The van der Waals surface area contributed by atoms with Gasteiger partial charge in [0.2, 0.25) is 15.9 Å². The summed E-state index contributed by atoms with van der Waals surface area (Å²) in [4.78, 5) is 13.0. The van der Waals surface area contributed by atoms with Crippen LogP contribution in [0.1, 0.15) is 79.3 Å². The van der Waals surface area contributed by atoms with E-state index in [1.54, 1.807) is 0 Å². The summed E-state index contributed by atoms with van der Waals surface area (Å²) >= 11 is 0. The van der Waals surface area contributed by atoms with Crippen LogP contribution in [0, 0.1) is 38.5 Å². The highest BCUT2D eigenvalue weighted by molar-refractivity contribution is 7.92. The summed E-state index contributed by atoms with van der Waals surface area (Å²) in [5, 5.41) is 3.01. The lowest BCUT2D eigenvalue weighted by Gasteiger charge is -2.57. The predicted octanol–water partition coefficient (Wildman–Crippen LogP) is 5.72. The van der Waals surface area contributed by atoms with E-state index in [9.17, 15) is 13.2 Å². The number of rotatable bonds is 7. The Hall–Kier alpha value is -2.34. The maximum absolute atomic E-state index is 13.0. The molecule has 4 fully saturated rings. The molecule has 4 saturated carbocycles. The summed E-state index contributed by atoms with van der Waals surface area (Å²) in [7, 11) is -3.62. The van der Waals surface area contributed by atoms with E-state index in [0.29, 0.717) is 5.69 Å². The highest BCUT2D eigenvalue weighted by Crippen LogP contribution is 2.60. The summed E-state index contributed by atoms with van der Waals surface area (Å²) < 4.78 is 26.7. The number of aryl methyl sites for hydroxylation is 3. The van der Waals surface area contributed by atoms with Crippen LogP contribution in [0.4, 0.5) is 5.69 Å². The first kappa shape index (κ1) is 25.3. The number of hydrogen-bond donors (Lipinski definition) is 1. The van der Waals surface area contributed by atoms with Gasteiger partial charge in [-0.1, -0.05) is 24.3 Å². The van der Waals surface area contributed by atoms with Crippen molar-refractivity contribution < 1.29 is 13.2 Å². The number of carbonyl (C=O) groups excluding carboxylic acids is 1. The number of nitrogens with one attached hydrogen (secondary N) is 1. The van der Waals surface area contributed by atoms with Gasteiger partial charge >= 0.3 is 0 Å². The Morgan fingerprint density at radius 2 is 1.47 bits per heavy atom. The van der Waals surface area contributed by atoms with Crippen molar-refractivity contribution in [1.29, 1.82) is 0 Å². The largest absolute Gasteiger partial charge is 0.348 e. The second-order valence-electron chi connectivity index (χ2n) is 12.1. The van der Waals surface area contributed by atoms with Crippen molar-refractivity contribution in [2.75, 3.05) is 17.1 Å². The third-order valence-electron chi connectivity index (χ3n) is 9.22. The van der Waals surface area contributed by atoms with Crippen LogP contribution in [0.15, 0.2) is 36.4 Å². The lowest BCUT2D eigenvalue weighted by Crippen LogP contribution is -2.48. The van der Waals surface area contributed by atoms with Crippen molar-refractivity contribution in [3.05, 3.63) is 64.2 Å². The first-order chi connectivity index (χ1) is 16.9. The number of nitrogens with zero attached hydrogens (tertiary/aromatic N) is 1. The van der Waals surface area contributed by atoms with Crippen LogP contribution in [0.2, 0.25) is 0 Å². The maximum Gasteiger partial charge on any atom is 0.241 e. The zero-order valence-corrected chi connectivity index (χ0v) is 23.1. The molecule has 1 N–H and O–H groups in total. The second kappa shape index (κ2) is 9.20. The predicted molar refractivity (Wildman–Crippen MR) is 146 cm³/mol. The van der Waals surface area contributed by atoms with E-state index < -0.39 is 10.0 Å². The van der Waals surface area contributed by atoms with Crippen molar-refractivity contribution in [1.82, 2.24) is 5.32 Å². The van der Waals surface area contributed by atoms with E-state index in [-0.39, 0.29) is 23.9 Å². The van der Waals surface area contributed by atoms with Crippen LogP contribution >= 0.6 is 0 Å². The van der Waals surface area contributed by atoms with Gasteiger partial charge in [-0.15, -0.1) is 0 Å². The average Bonchev–Trinajstić information content (AvgIpc) is 2.78. The Morgan fingerprint density at radius 1 is 0.944 bits per heavy atom. The number of anilines is 1. The van der Waals surface area contributed by atoms with Crippen molar-refractivity contribution in [3.63, 3.8) is 0 Å². The maximum atomic E-state index is 13.0. The molecule has 1 atom stereocenters. The molecule has 2 aromatic rings. The number of carbonyl (C=O) groups is 1. The highest BCUT2D eigenvalue weighted by Gasteiger charge is 2.51. The van der Waals surface area contributed by atoms with Crippen molar-refractivity contribution in [2.24, 2.45) is 17.8 Å². The van der Waals surface area contributed by atoms with Crippen LogP contribution in [-0.2, 0) is 20.2 Å². The van der Waals surface area contributed by atoms with Crippen molar-refractivity contribution in [3.8, 4) is 0 Å². The lowest BCUT2D eigenvalue weighted by molar-refractivity contribution is -0.120. The molecule has 0 radical (unpaired) electrons. The summed E-state index contributed by atoms with van der Waals surface area (Å²) in [6.45, 7) is 7.89. The quantitative estimate of drug-likeness (QED) is 0.520. The molecule has 36 heavy (non-hydrogen) atoms. The molecule has 0 unspecified atom stereocenters. The molecule has 4 bridgehead atoms. The van der Waals surface area contributed by atoms with E-state index in [0.717, 1.165) is 28.9 Å². The number of benzene rings is 2. The van der Waals surface area contributed by atoms with Gasteiger partial charge in [0.25, 0.3) is 0 Å². The SMILES string of the molecule is Cc1cc(C)c([C@H](C)NC(=O)CN(c2ccc(C34CC5CC(CC(C5)C3)C4)cc2)S(C)(=O)=O)cc1C. The normalized spacial score (nSPS) is 27.6. The minimum atomic E-state index is -3.62. The number of sulfonamides is 1.